The lowest BCUT2D eigenvalue weighted by Crippen LogP contribution is -2.18. The fourth-order valence-corrected chi connectivity index (χ4v) is 4.45. The van der Waals surface area contributed by atoms with E-state index >= 15 is 0 Å². The topological polar surface area (TPSA) is 75.1 Å². The van der Waals surface area contributed by atoms with Crippen LogP contribution in [0.1, 0.15) is 16.8 Å². The minimum Gasteiger partial charge on any atom is -0.508 e. The molecule has 0 spiro atoms. The Morgan fingerprint density at radius 2 is 1.80 bits per heavy atom. The van der Waals surface area contributed by atoms with E-state index in [1.54, 1.807) is 35.6 Å². The van der Waals surface area contributed by atoms with Crippen LogP contribution in [0.25, 0.3) is 21.8 Å². The van der Waals surface area contributed by atoms with Crippen molar-refractivity contribution in [2.24, 2.45) is 0 Å². The van der Waals surface area contributed by atoms with Gasteiger partial charge in [-0.1, -0.05) is 42.5 Å². The van der Waals surface area contributed by atoms with Crippen molar-refractivity contribution in [1.29, 1.82) is 0 Å². The van der Waals surface area contributed by atoms with E-state index in [-0.39, 0.29) is 18.1 Å². The number of carbonyl (C=O) groups excluding carboxylic acids is 1. The molecule has 30 heavy (non-hydrogen) atoms. The lowest BCUT2D eigenvalue weighted by Gasteiger charge is -2.20. The molecule has 2 N–H and O–H groups in total. The number of hydrogen-bond acceptors (Lipinski definition) is 5. The van der Waals surface area contributed by atoms with E-state index < -0.39 is 0 Å². The Kier molecular flexibility index (Phi) is 4.77. The molecule has 148 valence electrons. The van der Waals surface area contributed by atoms with Crippen molar-refractivity contribution in [1.82, 2.24) is 9.97 Å². The molecule has 0 atom stereocenters. The van der Waals surface area contributed by atoms with Gasteiger partial charge in [-0.25, -0.2) is 9.97 Å². The number of carbonyl (C=O) groups is 1. The van der Waals surface area contributed by atoms with Crippen LogP contribution < -0.4 is 5.32 Å². The van der Waals surface area contributed by atoms with Crippen LogP contribution in [0.2, 0.25) is 0 Å². The van der Waals surface area contributed by atoms with Gasteiger partial charge in [0.05, 0.1) is 22.7 Å². The maximum absolute atomic E-state index is 12.7. The number of phenolic OH excluding ortho intramolecular Hbond substituents is 1. The highest BCUT2D eigenvalue weighted by molar-refractivity contribution is 7.13. The number of hydrogen-bond donors (Lipinski definition) is 2. The van der Waals surface area contributed by atoms with Crippen LogP contribution in [0.4, 0.5) is 5.82 Å². The first-order chi connectivity index (χ1) is 14.7. The number of fused-ring (bicyclic) bond motifs is 3. The van der Waals surface area contributed by atoms with Gasteiger partial charge in [0.1, 0.15) is 11.4 Å². The lowest BCUT2D eigenvalue weighted by atomic mass is 9.92. The molecule has 1 aliphatic carbocycles. The van der Waals surface area contributed by atoms with Gasteiger partial charge in [-0.3, -0.25) is 4.79 Å². The fraction of sp³-hybridized carbons (Fsp3) is 0.125. The highest BCUT2D eigenvalue weighted by Crippen LogP contribution is 2.36. The Labute approximate surface area is 178 Å². The van der Waals surface area contributed by atoms with Crippen molar-refractivity contribution >= 4 is 23.1 Å². The van der Waals surface area contributed by atoms with Gasteiger partial charge in [-0.2, -0.15) is 0 Å². The minimum absolute atomic E-state index is 0.163. The minimum atomic E-state index is -0.163. The summed E-state index contributed by atoms with van der Waals surface area (Å²) in [4.78, 5) is 23.5. The second-order valence-corrected chi connectivity index (χ2v) is 8.19. The summed E-state index contributed by atoms with van der Waals surface area (Å²) in [6.45, 7) is 0. The van der Waals surface area contributed by atoms with E-state index in [1.165, 1.54) is 5.56 Å². The molecule has 0 fully saturated rings. The van der Waals surface area contributed by atoms with E-state index in [9.17, 15) is 9.90 Å². The Bertz CT molecular complexity index is 1220. The molecule has 1 amide bonds. The predicted octanol–water partition coefficient (Wildman–Crippen LogP) is 4.86. The van der Waals surface area contributed by atoms with Gasteiger partial charge in [-0.05, 0) is 47.5 Å². The number of anilines is 1. The molecule has 0 saturated heterocycles. The first-order valence-electron chi connectivity index (χ1n) is 9.78. The van der Waals surface area contributed by atoms with Crippen LogP contribution in [-0.2, 0) is 24.1 Å². The summed E-state index contributed by atoms with van der Waals surface area (Å²) in [5.41, 5.74) is 5.72. The molecule has 0 radical (unpaired) electrons. The van der Waals surface area contributed by atoms with Gasteiger partial charge in [-0.15, -0.1) is 11.3 Å². The average Bonchev–Trinajstić information content (AvgIpc) is 3.29. The lowest BCUT2D eigenvalue weighted by molar-refractivity contribution is -0.115. The Hall–Kier alpha value is -3.51. The van der Waals surface area contributed by atoms with Gasteiger partial charge >= 0.3 is 0 Å². The average molecular weight is 414 g/mol. The van der Waals surface area contributed by atoms with Crippen molar-refractivity contribution in [3.63, 3.8) is 0 Å². The summed E-state index contributed by atoms with van der Waals surface area (Å²) in [5.74, 6) is 0.517. The number of nitrogens with zero attached hydrogens (tertiary/aromatic N) is 2. The molecule has 0 aliphatic heterocycles. The molecule has 2 aromatic heterocycles. The second kappa shape index (κ2) is 7.72. The largest absolute Gasteiger partial charge is 0.508 e. The maximum Gasteiger partial charge on any atom is 0.230 e. The van der Waals surface area contributed by atoms with Crippen LogP contribution in [0.5, 0.6) is 5.75 Å². The summed E-state index contributed by atoms with van der Waals surface area (Å²) in [6, 6.07) is 18.9. The van der Waals surface area contributed by atoms with E-state index in [0.717, 1.165) is 40.2 Å². The highest BCUT2D eigenvalue weighted by Gasteiger charge is 2.23. The van der Waals surface area contributed by atoms with E-state index in [2.05, 4.69) is 23.5 Å². The summed E-state index contributed by atoms with van der Waals surface area (Å²) >= 11 is 1.57. The fourth-order valence-electron chi connectivity index (χ4n) is 3.73. The van der Waals surface area contributed by atoms with Crippen molar-refractivity contribution < 1.29 is 9.90 Å². The smallest absolute Gasteiger partial charge is 0.230 e. The molecule has 2 heterocycles. The molecule has 0 unspecified atom stereocenters. The summed E-state index contributed by atoms with van der Waals surface area (Å²) in [6.07, 6.45) is 1.91. The Morgan fingerprint density at radius 3 is 2.60 bits per heavy atom. The molecular weight excluding hydrogens is 394 g/mol. The van der Waals surface area contributed by atoms with Crippen molar-refractivity contribution in [3.8, 4) is 27.6 Å². The molecule has 4 aromatic rings. The van der Waals surface area contributed by atoms with Crippen LogP contribution in [0, 0.1) is 0 Å². The molecule has 5 rings (SSSR count). The van der Waals surface area contributed by atoms with E-state index in [1.807, 2.05) is 23.6 Å². The highest BCUT2D eigenvalue weighted by atomic mass is 32.1. The molecule has 0 saturated carbocycles. The van der Waals surface area contributed by atoms with Crippen LogP contribution in [-0.4, -0.2) is 21.0 Å². The van der Waals surface area contributed by atoms with Gasteiger partial charge in [0.2, 0.25) is 5.91 Å². The van der Waals surface area contributed by atoms with Crippen LogP contribution in [0.15, 0.2) is 66.0 Å². The van der Waals surface area contributed by atoms with Crippen LogP contribution in [0.3, 0.4) is 0 Å². The zero-order valence-corrected chi connectivity index (χ0v) is 16.9. The van der Waals surface area contributed by atoms with E-state index in [4.69, 9.17) is 9.97 Å². The SMILES string of the molecule is O=C(Cc1ccc(O)cc1)Nc1nc2c(nc1-c1cccs1)-c1ccccc1CC2. The number of aryl methyl sites for hydroxylation is 2. The zero-order chi connectivity index (χ0) is 20.5. The van der Waals surface area contributed by atoms with Gasteiger partial charge in [0.25, 0.3) is 0 Å². The van der Waals surface area contributed by atoms with Crippen molar-refractivity contribution in [3.05, 3.63) is 82.9 Å². The third-order valence-corrected chi connectivity index (χ3v) is 6.06. The quantitative estimate of drug-likeness (QED) is 0.501. The first kappa shape index (κ1) is 18.5. The predicted molar refractivity (Wildman–Crippen MR) is 119 cm³/mol. The number of nitrogens with one attached hydrogen (secondary N) is 1. The summed E-state index contributed by atoms with van der Waals surface area (Å²) in [5, 5.41) is 14.4. The number of rotatable bonds is 4. The van der Waals surface area contributed by atoms with E-state index in [0.29, 0.717) is 11.5 Å². The molecule has 2 aromatic carbocycles. The molecule has 1 aliphatic rings. The number of aromatic hydroxyl groups is 1. The molecule has 5 nitrogen and oxygen atoms in total. The summed E-state index contributed by atoms with van der Waals surface area (Å²) < 4.78 is 0. The number of amides is 1. The number of aromatic nitrogens is 2. The molecular formula is C24H19N3O2S. The van der Waals surface area contributed by atoms with Gasteiger partial charge in [0, 0.05) is 5.56 Å². The second-order valence-electron chi connectivity index (χ2n) is 7.24. The first-order valence-corrected chi connectivity index (χ1v) is 10.7. The summed E-state index contributed by atoms with van der Waals surface area (Å²) in [7, 11) is 0. The number of thiophene rings is 1. The molecule has 0 bridgehead atoms. The van der Waals surface area contributed by atoms with Gasteiger partial charge in [0.15, 0.2) is 5.82 Å². The van der Waals surface area contributed by atoms with Gasteiger partial charge < -0.3 is 10.4 Å². The van der Waals surface area contributed by atoms with Crippen molar-refractivity contribution in [2.45, 2.75) is 19.3 Å². The Morgan fingerprint density at radius 1 is 0.967 bits per heavy atom. The standard InChI is InChI=1S/C24H19N3O2S/c28-17-10-7-15(8-11-17)14-21(29)26-24-23(20-6-3-13-30-20)27-22-18-5-2-1-4-16(18)9-12-19(22)25-24/h1-8,10-11,13,28H,9,12,14H2,(H,25,26,29). The molecule has 6 heteroatoms. The number of phenols is 1. The zero-order valence-electron chi connectivity index (χ0n) is 16.1. The normalized spacial score (nSPS) is 12.1. The van der Waals surface area contributed by atoms with Crippen molar-refractivity contribution in [2.75, 3.05) is 5.32 Å². The third kappa shape index (κ3) is 3.57. The Balaban J connectivity index is 1.52. The monoisotopic (exact) mass is 413 g/mol. The third-order valence-electron chi connectivity index (χ3n) is 5.19. The maximum atomic E-state index is 12.7. The number of benzene rings is 2. The van der Waals surface area contributed by atoms with Crippen LogP contribution >= 0.6 is 11.3 Å².